The number of hydrogen-bond acceptors (Lipinski definition) is 7. The summed E-state index contributed by atoms with van der Waals surface area (Å²) < 4.78 is 16.5. The molecule has 0 radical (unpaired) electrons. The van der Waals surface area contributed by atoms with Crippen molar-refractivity contribution in [3.63, 3.8) is 0 Å². The van der Waals surface area contributed by atoms with Crippen LogP contribution in [0.1, 0.15) is 42.9 Å². The summed E-state index contributed by atoms with van der Waals surface area (Å²) in [5, 5.41) is 0. The monoisotopic (exact) mass is 664 g/mol. The third kappa shape index (κ3) is 9.25. The average Bonchev–Trinajstić information content (AvgIpc) is 3.67. The van der Waals surface area contributed by atoms with Crippen molar-refractivity contribution in [2.75, 3.05) is 19.8 Å². The van der Waals surface area contributed by atoms with Gasteiger partial charge in [0.2, 0.25) is 11.8 Å². The second-order valence-corrected chi connectivity index (χ2v) is 12.4. The molecular formula is C40H44N2O7. The molecule has 4 atom stereocenters. The Morgan fingerprint density at radius 3 is 1.80 bits per heavy atom. The first-order valence-electron chi connectivity index (χ1n) is 17.0. The van der Waals surface area contributed by atoms with Gasteiger partial charge in [-0.1, -0.05) is 104 Å². The van der Waals surface area contributed by atoms with E-state index in [1.165, 1.54) is 9.80 Å². The topological polar surface area (TPSA) is 102 Å². The van der Waals surface area contributed by atoms with Gasteiger partial charge in [0, 0.05) is 0 Å². The fraction of sp³-hybridized carbons (Fsp3) is 0.350. The molecule has 0 aromatic heterocycles. The molecule has 256 valence electrons. The Kier molecular flexibility index (Phi) is 12.4. The molecule has 2 fully saturated rings. The molecule has 0 spiro atoms. The first-order chi connectivity index (χ1) is 23.9. The Balaban J connectivity index is 1.39. The number of carbonyl (C=O) groups is 4. The molecule has 0 saturated carbocycles. The zero-order chi connectivity index (χ0) is 34.6. The predicted octanol–water partition coefficient (Wildman–Crippen LogP) is 6.95. The van der Waals surface area contributed by atoms with Gasteiger partial charge in [0.1, 0.15) is 19.0 Å². The lowest BCUT2D eigenvalue weighted by Gasteiger charge is -2.25. The lowest BCUT2D eigenvalue weighted by molar-refractivity contribution is -0.133. The molecule has 3 aromatic rings. The smallest absolute Gasteiger partial charge is 0.417 e. The van der Waals surface area contributed by atoms with Crippen molar-refractivity contribution in [3.8, 4) is 5.75 Å². The molecular weight excluding hydrogens is 620 g/mol. The number of imide groups is 2. The van der Waals surface area contributed by atoms with Crippen LogP contribution in [0, 0.1) is 11.8 Å². The molecule has 49 heavy (non-hydrogen) atoms. The van der Waals surface area contributed by atoms with Crippen LogP contribution in [0.15, 0.2) is 110 Å². The maximum atomic E-state index is 14.3. The molecule has 2 aliphatic rings. The molecule has 3 aromatic carbocycles. The molecule has 5 rings (SSSR count). The number of rotatable bonds is 16. The van der Waals surface area contributed by atoms with Crippen molar-refractivity contribution >= 4 is 24.0 Å². The van der Waals surface area contributed by atoms with Crippen molar-refractivity contribution in [2.45, 2.75) is 57.5 Å². The van der Waals surface area contributed by atoms with Crippen LogP contribution in [-0.4, -0.2) is 65.7 Å². The molecule has 0 unspecified atom stereocenters. The predicted molar refractivity (Wildman–Crippen MR) is 186 cm³/mol. The van der Waals surface area contributed by atoms with Gasteiger partial charge in [-0.3, -0.25) is 9.59 Å². The molecule has 0 N–H and O–H groups in total. The SMILES string of the molecule is C=CC[C@@H](/C=C/[C@H](Cc1ccc(OCCCC)cc1)C(=O)N1C(=O)OC[C@@H]1Cc1ccccc1)C(=O)N1C(=O)OC[C@@H]1Cc1ccccc1. The highest BCUT2D eigenvalue weighted by molar-refractivity contribution is 5.97. The van der Waals surface area contributed by atoms with Crippen molar-refractivity contribution < 1.29 is 33.4 Å². The molecule has 4 amide bonds. The molecule has 2 aliphatic heterocycles. The number of amides is 4. The number of allylic oxidation sites excluding steroid dienone is 1. The van der Waals surface area contributed by atoms with Crippen LogP contribution >= 0.6 is 0 Å². The third-order valence-corrected chi connectivity index (χ3v) is 8.80. The van der Waals surface area contributed by atoms with Crippen LogP contribution in [0.4, 0.5) is 9.59 Å². The van der Waals surface area contributed by atoms with Crippen molar-refractivity contribution in [2.24, 2.45) is 11.8 Å². The average molecular weight is 665 g/mol. The summed E-state index contributed by atoms with van der Waals surface area (Å²) in [5.74, 6) is -1.70. The van der Waals surface area contributed by atoms with Gasteiger partial charge in [-0.05, 0) is 60.9 Å². The van der Waals surface area contributed by atoms with Crippen LogP contribution in [0.5, 0.6) is 5.75 Å². The molecule has 0 aliphatic carbocycles. The van der Waals surface area contributed by atoms with Gasteiger partial charge in [-0.15, -0.1) is 6.58 Å². The van der Waals surface area contributed by atoms with E-state index in [0.29, 0.717) is 19.4 Å². The van der Waals surface area contributed by atoms with Gasteiger partial charge in [0.05, 0.1) is 30.5 Å². The third-order valence-electron chi connectivity index (χ3n) is 8.80. The molecule has 0 bridgehead atoms. The highest BCUT2D eigenvalue weighted by atomic mass is 16.6. The number of ether oxygens (including phenoxy) is 3. The van der Waals surface area contributed by atoms with Crippen LogP contribution < -0.4 is 4.74 Å². The van der Waals surface area contributed by atoms with E-state index in [-0.39, 0.29) is 26.1 Å². The van der Waals surface area contributed by atoms with E-state index in [0.717, 1.165) is 35.3 Å². The Bertz CT molecular complexity index is 1610. The van der Waals surface area contributed by atoms with Crippen LogP contribution in [0.25, 0.3) is 0 Å². The lowest BCUT2D eigenvalue weighted by Crippen LogP contribution is -2.44. The first-order valence-corrected chi connectivity index (χ1v) is 17.0. The maximum absolute atomic E-state index is 14.3. The summed E-state index contributed by atoms with van der Waals surface area (Å²) in [6, 6.07) is 25.9. The van der Waals surface area contributed by atoms with Gasteiger partial charge in [0.15, 0.2) is 0 Å². The number of hydrogen-bond donors (Lipinski definition) is 0. The van der Waals surface area contributed by atoms with E-state index in [1.807, 2.05) is 84.9 Å². The summed E-state index contributed by atoms with van der Waals surface area (Å²) >= 11 is 0. The van der Waals surface area contributed by atoms with E-state index in [4.69, 9.17) is 14.2 Å². The maximum Gasteiger partial charge on any atom is 0.417 e. The number of carbonyl (C=O) groups excluding carboxylic acids is 4. The van der Waals surface area contributed by atoms with Gasteiger partial charge in [-0.2, -0.15) is 0 Å². The second kappa shape index (κ2) is 17.3. The van der Waals surface area contributed by atoms with Gasteiger partial charge in [-0.25, -0.2) is 19.4 Å². The summed E-state index contributed by atoms with van der Waals surface area (Å²) in [6.45, 7) is 6.75. The van der Waals surface area contributed by atoms with Gasteiger partial charge < -0.3 is 14.2 Å². The van der Waals surface area contributed by atoms with E-state index < -0.39 is 47.9 Å². The summed E-state index contributed by atoms with van der Waals surface area (Å²) in [4.78, 5) is 56.4. The Morgan fingerprint density at radius 2 is 1.29 bits per heavy atom. The molecule has 2 saturated heterocycles. The quantitative estimate of drug-likeness (QED) is 0.121. The van der Waals surface area contributed by atoms with Crippen LogP contribution in [0.3, 0.4) is 0 Å². The minimum atomic E-state index is -0.804. The standard InChI is InChI=1S/C40H44N2O7/c1-3-5-23-47-36-21-17-31(18-22-36)24-33(38(44)42-35(28-49-40(42)46)26-30-15-10-7-11-16-30)20-19-32(12-4-2)37(43)41-34(27-48-39(41)45)25-29-13-8-6-9-14-29/h4,6-11,13-22,32-35H,2-3,5,12,23-28H2,1H3/b20-19+/t32-,33+,34-,35-/m0/s1. The second-order valence-electron chi connectivity index (χ2n) is 12.4. The van der Waals surface area contributed by atoms with E-state index in [9.17, 15) is 19.2 Å². The fourth-order valence-corrected chi connectivity index (χ4v) is 6.15. The normalized spacial score (nSPS) is 18.6. The fourth-order valence-electron chi connectivity index (χ4n) is 6.15. The molecule has 2 heterocycles. The number of unbranched alkanes of at least 4 members (excludes halogenated alkanes) is 1. The molecule has 9 nitrogen and oxygen atoms in total. The number of cyclic esters (lactones) is 2. The summed E-state index contributed by atoms with van der Waals surface area (Å²) in [5.41, 5.74) is 2.82. The van der Waals surface area contributed by atoms with Gasteiger partial charge >= 0.3 is 12.2 Å². The zero-order valence-electron chi connectivity index (χ0n) is 27.9. The highest BCUT2D eigenvalue weighted by Gasteiger charge is 2.42. The minimum Gasteiger partial charge on any atom is -0.494 e. The number of benzene rings is 3. The number of nitrogens with zero attached hydrogens (tertiary/aromatic N) is 2. The molecule has 9 heteroatoms. The minimum absolute atomic E-state index is 0.0944. The van der Waals surface area contributed by atoms with Crippen molar-refractivity contribution in [1.82, 2.24) is 9.80 Å². The summed E-state index contributed by atoms with van der Waals surface area (Å²) in [6.07, 6.45) is 6.98. The van der Waals surface area contributed by atoms with Crippen molar-refractivity contribution in [3.05, 3.63) is 126 Å². The summed E-state index contributed by atoms with van der Waals surface area (Å²) in [7, 11) is 0. The highest BCUT2D eigenvalue weighted by Crippen LogP contribution is 2.26. The van der Waals surface area contributed by atoms with E-state index in [2.05, 4.69) is 13.5 Å². The van der Waals surface area contributed by atoms with E-state index in [1.54, 1.807) is 18.2 Å². The Labute approximate surface area is 288 Å². The Hall–Kier alpha value is -5.18. The largest absolute Gasteiger partial charge is 0.494 e. The zero-order valence-corrected chi connectivity index (χ0v) is 27.9. The Morgan fingerprint density at radius 1 is 0.776 bits per heavy atom. The first kappa shape index (κ1) is 35.1. The lowest BCUT2D eigenvalue weighted by atomic mass is 9.93. The van der Waals surface area contributed by atoms with Gasteiger partial charge in [0.25, 0.3) is 0 Å². The van der Waals surface area contributed by atoms with Crippen LogP contribution in [0.2, 0.25) is 0 Å². The van der Waals surface area contributed by atoms with Crippen LogP contribution in [-0.2, 0) is 38.3 Å². The van der Waals surface area contributed by atoms with Crippen molar-refractivity contribution in [1.29, 1.82) is 0 Å². The van der Waals surface area contributed by atoms with E-state index >= 15 is 0 Å².